The fourth-order valence-electron chi connectivity index (χ4n) is 3.45. The van der Waals surface area contributed by atoms with E-state index in [2.05, 4.69) is 4.98 Å². The van der Waals surface area contributed by atoms with Crippen molar-refractivity contribution in [3.8, 4) is 0 Å². The molecule has 0 unspecified atom stereocenters. The van der Waals surface area contributed by atoms with Gasteiger partial charge in [0.05, 0.1) is 23.0 Å². The summed E-state index contributed by atoms with van der Waals surface area (Å²) in [6, 6.07) is 11.0. The topological polar surface area (TPSA) is 57.9 Å². The highest BCUT2D eigenvalue weighted by Crippen LogP contribution is 2.36. The number of carbonyl (C=O) groups excluding carboxylic acids is 2. The first-order valence-corrected chi connectivity index (χ1v) is 8.19. The molecule has 0 bridgehead atoms. The van der Waals surface area contributed by atoms with Crippen LogP contribution in [0.15, 0.2) is 55.0 Å². The van der Waals surface area contributed by atoms with E-state index in [0.29, 0.717) is 12.1 Å². The minimum Gasteiger partial charge on any atom is -0.306 e. The third-order valence-electron chi connectivity index (χ3n) is 4.54. The van der Waals surface area contributed by atoms with Crippen molar-refractivity contribution in [1.29, 1.82) is 0 Å². The van der Waals surface area contributed by atoms with Crippen LogP contribution in [0.4, 0.5) is 11.4 Å². The Balaban J connectivity index is 1.77. The zero-order valence-corrected chi connectivity index (χ0v) is 14.1. The van der Waals surface area contributed by atoms with Gasteiger partial charge in [-0.2, -0.15) is 0 Å². The number of hydrogen-bond acceptors (Lipinski definition) is 3. The number of aromatic nitrogens is 2. The van der Waals surface area contributed by atoms with Gasteiger partial charge >= 0.3 is 0 Å². The van der Waals surface area contributed by atoms with Gasteiger partial charge in [0.1, 0.15) is 5.65 Å². The van der Waals surface area contributed by atoms with Crippen LogP contribution >= 0.6 is 0 Å². The Morgan fingerprint density at radius 3 is 2.64 bits per heavy atom. The Labute approximate surface area is 145 Å². The summed E-state index contributed by atoms with van der Waals surface area (Å²) in [6.45, 7) is 3.96. The molecule has 0 aliphatic carbocycles. The molecule has 25 heavy (non-hydrogen) atoms. The van der Waals surface area contributed by atoms with Crippen LogP contribution in [-0.2, 0) is 4.79 Å². The van der Waals surface area contributed by atoms with Crippen molar-refractivity contribution >= 4 is 28.8 Å². The zero-order valence-electron chi connectivity index (χ0n) is 14.1. The molecule has 1 aliphatic rings. The molecule has 0 N–H and O–H groups in total. The molecule has 6 nitrogen and oxygen atoms in total. The maximum absolute atomic E-state index is 13.1. The maximum Gasteiger partial charge on any atom is 0.259 e. The molecule has 3 heterocycles. The minimum atomic E-state index is -0.0895. The minimum absolute atomic E-state index is 0.0214. The van der Waals surface area contributed by atoms with Gasteiger partial charge in [-0.3, -0.25) is 9.59 Å². The smallest absolute Gasteiger partial charge is 0.259 e. The number of imidazole rings is 1. The quantitative estimate of drug-likeness (QED) is 0.687. The van der Waals surface area contributed by atoms with E-state index in [-0.39, 0.29) is 17.9 Å². The molecule has 6 heteroatoms. The SMILES string of the molecule is CC(=O)N1c2ccccc2N(C(=O)c2ccc3nccn3c2)C[C@@H]1C. The predicted octanol–water partition coefficient (Wildman–Crippen LogP) is 2.74. The van der Waals surface area contributed by atoms with Gasteiger partial charge in [-0.05, 0) is 31.2 Å². The number of benzene rings is 1. The van der Waals surface area contributed by atoms with E-state index in [0.717, 1.165) is 17.0 Å². The van der Waals surface area contributed by atoms with Crippen molar-refractivity contribution in [2.75, 3.05) is 16.3 Å². The lowest BCUT2D eigenvalue weighted by Gasteiger charge is -2.40. The molecule has 1 aliphatic heterocycles. The van der Waals surface area contributed by atoms with Gasteiger partial charge in [0, 0.05) is 32.1 Å². The highest BCUT2D eigenvalue weighted by molar-refractivity contribution is 6.10. The van der Waals surface area contributed by atoms with Crippen molar-refractivity contribution in [2.24, 2.45) is 0 Å². The molecule has 2 aromatic heterocycles. The normalized spacial score (nSPS) is 16.8. The van der Waals surface area contributed by atoms with E-state index in [1.807, 2.05) is 47.9 Å². The van der Waals surface area contributed by atoms with Gasteiger partial charge in [-0.1, -0.05) is 12.1 Å². The van der Waals surface area contributed by atoms with Crippen molar-refractivity contribution in [2.45, 2.75) is 19.9 Å². The van der Waals surface area contributed by atoms with Crippen molar-refractivity contribution < 1.29 is 9.59 Å². The molecule has 0 spiro atoms. The first kappa shape index (κ1) is 15.4. The Kier molecular flexibility index (Phi) is 3.53. The van der Waals surface area contributed by atoms with Crippen LogP contribution in [0.25, 0.3) is 5.65 Å². The van der Waals surface area contributed by atoms with E-state index >= 15 is 0 Å². The number of rotatable bonds is 1. The number of fused-ring (bicyclic) bond motifs is 2. The third kappa shape index (κ3) is 2.46. The second-order valence-corrected chi connectivity index (χ2v) is 6.25. The van der Waals surface area contributed by atoms with E-state index < -0.39 is 0 Å². The van der Waals surface area contributed by atoms with Gasteiger partial charge in [-0.15, -0.1) is 0 Å². The van der Waals surface area contributed by atoms with E-state index in [9.17, 15) is 9.59 Å². The molecule has 1 atom stereocenters. The molecule has 0 radical (unpaired) electrons. The predicted molar refractivity (Wildman–Crippen MR) is 95.9 cm³/mol. The lowest BCUT2D eigenvalue weighted by Crippen LogP contribution is -2.51. The van der Waals surface area contributed by atoms with Gasteiger partial charge in [0.15, 0.2) is 0 Å². The fraction of sp³-hybridized carbons (Fsp3) is 0.211. The second kappa shape index (κ2) is 5.73. The molecule has 3 aromatic rings. The molecule has 0 saturated heterocycles. The first-order valence-electron chi connectivity index (χ1n) is 8.19. The number of pyridine rings is 1. The average molecular weight is 334 g/mol. The number of nitrogens with zero attached hydrogens (tertiary/aromatic N) is 4. The highest BCUT2D eigenvalue weighted by atomic mass is 16.2. The highest BCUT2D eigenvalue weighted by Gasteiger charge is 2.33. The largest absolute Gasteiger partial charge is 0.306 e. The number of anilines is 2. The number of carbonyl (C=O) groups is 2. The molecule has 126 valence electrons. The van der Waals surface area contributed by atoms with Gasteiger partial charge in [0.2, 0.25) is 5.91 Å². The summed E-state index contributed by atoms with van der Waals surface area (Å²) < 4.78 is 1.83. The summed E-state index contributed by atoms with van der Waals surface area (Å²) in [6.07, 6.45) is 5.30. The van der Waals surface area contributed by atoms with Gasteiger partial charge in [-0.25, -0.2) is 4.98 Å². The summed E-state index contributed by atoms with van der Waals surface area (Å²) in [5.41, 5.74) is 2.91. The van der Waals surface area contributed by atoms with Crippen molar-refractivity contribution in [3.63, 3.8) is 0 Å². The summed E-state index contributed by atoms with van der Waals surface area (Å²) in [5.74, 6) is -0.106. The Morgan fingerprint density at radius 1 is 1.12 bits per heavy atom. The van der Waals surface area contributed by atoms with E-state index in [1.54, 1.807) is 35.2 Å². The Bertz CT molecular complexity index is 978. The Morgan fingerprint density at radius 2 is 1.88 bits per heavy atom. The summed E-state index contributed by atoms with van der Waals surface area (Å²) >= 11 is 0. The molecule has 0 fully saturated rings. The zero-order chi connectivity index (χ0) is 17.6. The molecule has 2 amide bonds. The fourth-order valence-corrected chi connectivity index (χ4v) is 3.45. The average Bonchev–Trinajstić information content (AvgIpc) is 3.07. The monoisotopic (exact) mass is 334 g/mol. The van der Waals surface area contributed by atoms with Crippen molar-refractivity contribution in [3.05, 3.63) is 60.6 Å². The Hall–Kier alpha value is -3.15. The summed E-state index contributed by atoms with van der Waals surface area (Å²) in [7, 11) is 0. The maximum atomic E-state index is 13.1. The first-order chi connectivity index (χ1) is 12.1. The number of hydrogen-bond donors (Lipinski definition) is 0. The van der Waals surface area contributed by atoms with Crippen molar-refractivity contribution in [1.82, 2.24) is 9.38 Å². The van der Waals surface area contributed by atoms with Crippen LogP contribution in [0.2, 0.25) is 0 Å². The van der Waals surface area contributed by atoms with Gasteiger partial charge in [0.25, 0.3) is 5.91 Å². The van der Waals surface area contributed by atoms with E-state index in [4.69, 9.17) is 0 Å². The van der Waals surface area contributed by atoms with Crippen LogP contribution in [-0.4, -0.2) is 33.8 Å². The summed E-state index contributed by atoms with van der Waals surface area (Å²) in [4.78, 5) is 32.9. The van der Waals surface area contributed by atoms with Crippen LogP contribution in [0.1, 0.15) is 24.2 Å². The second-order valence-electron chi connectivity index (χ2n) is 6.25. The summed E-state index contributed by atoms with van der Waals surface area (Å²) in [5, 5.41) is 0. The molecule has 4 rings (SSSR count). The molecule has 1 aromatic carbocycles. The van der Waals surface area contributed by atoms with Crippen LogP contribution in [0.5, 0.6) is 0 Å². The standard InChI is InChI=1S/C19H18N4O2/c1-13-11-22(16-5-3-4-6-17(16)23(13)14(2)24)19(25)15-7-8-18-20-9-10-21(18)12-15/h3-10,12-13H,11H2,1-2H3/t13-/m0/s1. The van der Waals surface area contributed by atoms with Crippen LogP contribution < -0.4 is 9.80 Å². The van der Waals surface area contributed by atoms with Gasteiger partial charge < -0.3 is 14.2 Å². The number of para-hydroxylation sites is 2. The lowest BCUT2D eigenvalue weighted by atomic mass is 10.1. The van der Waals surface area contributed by atoms with Crippen LogP contribution in [0.3, 0.4) is 0 Å². The number of amides is 2. The molecule has 0 saturated carbocycles. The molecular formula is C19H18N4O2. The van der Waals surface area contributed by atoms with E-state index in [1.165, 1.54) is 0 Å². The lowest BCUT2D eigenvalue weighted by molar-refractivity contribution is -0.117. The van der Waals surface area contributed by atoms with Crippen LogP contribution in [0, 0.1) is 0 Å². The molecular weight excluding hydrogens is 316 g/mol. The third-order valence-corrected chi connectivity index (χ3v) is 4.54.